The molecule has 1 rings (SSSR count). The van der Waals surface area contributed by atoms with Crippen molar-refractivity contribution in [3.05, 3.63) is 0 Å². The summed E-state index contributed by atoms with van der Waals surface area (Å²) in [6.07, 6.45) is -5.19. The van der Waals surface area contributed by atoms with E-state index in [0.29, 0.717) is 11.8 Å². The molecule has 0 unspecified atom stereocenters. The Hall–Kier alpha value is -1.68. The maximum absolute atomic E-state index is 11.5. The summed E-state index contributed by atoms with van der Waals surface area (Å²) < 4.78 is 26.3. The second kappa shape index (κ2) is 9.71. The molecule has 1 fully saturated rings. The van der Waals surface area contributed by atoms with Gasteiger partial charge in [-0.3, -0.25) is 19.2 Å². The molecular formula is C15H21BrO9. The van der Waals surface area contributed by atoms with Gasteiger partial charge in [0, 0.05) is 33.0 Å². The predicted octanol–water partition coefficient (Wildman–Crippen LogP) is 0.854. The van der Waals surface area contributed by atoms with E-state index in [4.69, 9.17) is 23.7 Å². The van der Waals surface area contributed by atoms with E-state index in [1.54, 1.807) is 0 Å². The van der Waals surface area contributed by atoms with Gasteiger partial charge in [0.1, 0.15) is 6.10 Å². The monoisotopic (exact) mass is 424 g/mol. The molecule has 5 atom stereocenters. The minimum atomic E-state index is -1.30. The Morgan fingerprint density at radius 3 is 1.64 bits per heavy atom. The molecule has 10 heteroatoms. The fraction of sp³-hybridized carbons (Fsp3) is 0.733. The molecule has 0 radical (unpaired) electrons. The molecule has 1 aliphatic heterocycles. The highest BCUT2D eigenvalue weighted by Crippen LogP contribution is 2.31. The lowest BCUT2D eigenvalue weighted by molar-refractivity contribution is -0.295. The second-order valence-corrected chi connectivity index (χ2v) is 6.15. The summed E-state index contributed by atoms with van der Waals surface area (Å²) in [4.78, 5) is 45.8. The van der Waals surface area contributed by atoms with Gasteiger partial charge in [-0.1, -0.05) is 15.9 Å². The molecule has 142 valence electrons. The van der Waals surface area contributed by atoms with Crippen LogP contribution in [0.3, 0.4) is 0 Å². The third kappa shape index (κ3) is 6.62. The normalized spacial score (nSPS) is 28.6. The standard InChI is InChI=1S/C15H21BrO9/c1-7(17)21-12-11(5-6-16)25-15(24-10(4)20)14(23-9(3)19)13(12)22-8(2)18/h11-15H,5-6H2,1-4H3/t11-,12-,13+,14+,15+/m1/s1. The van der Waals surface area contributed by atoms with Crippen LogP contribution in [0.5, 0.6) is 0 Å². The Morgan fingerprint density at radius 1 is 0.760 bits per heavy atom. The lowest BCUT2D eigenvalue weighted by Gasteiger charge is -2.43. The van der Waals surface area contributed by atoms with Crippen LogP contribution in [-0.2, 0) is 42.9 Å². The summed E-state index contributed by atoms with van der Waals surface area (Å²) in [7, 11) is 0. The van der Waals surface area contributed by atoms with E-state index in [1.165, 1.54) is 6.92 Å². The lowest BCUT2D eigenvalue weighted by atomic mass is 9.96. The van der Waals surface area contributed by atoms with Crippen molar-refractivity contribution in [3.63, 3.8) is 0 Å². The van der Waals surface area contributed by atoms with Gasteiger partial charge in [0.05, 0.1) is 0 Å². The molecule has 0 aromatic heterocycles. The maximum Gasteiger partial charge on any atom is 0.305 e. The first-order chi connectivity index (χ1) is 11.6. The first-order valence-corrected chi connectivity index (χ1v) is 8.68. The number of rotatable bonds is 6. The number of carbonyl (C=O) groups excluding carboxylic acids is 4. The number of ether oxygens (including phenoxy) is 5. The molecule has 1 heterocycles. The van der Waals surface area contributed by atoms with Gasteiger partial charge in [-0.25, -0.2) is 0 Å². The van der Waals surface area contributed by atoms with Crippen molar-refractivity contribution in [2.45, 2.75) is 64.8 Å². The second-order valence-electron chi connectivity index (χ2n) is 5.35. The van der Waals surface area contributed by atoms with E-state index in [9.17, 15) is 19.2 Å². The molecule has 0 spiro atoms. The van der Waals surface area contributed by atoms with Crippen LogP contribution in [0.1, 0.15) is 34.1 Å². The molecule has 0 aliphatic carbocycles. The average molecular weight is 425 g/mol. The third-order valence-electron chi connectivity index (χ3n) is 3.17. The Labute approximate surface area is 153 Å². The molecule has 0 bridgehead atoms. The fourth-order valence-electron chi connectivity index (χ4n) is 2.45. The molecule has 0 aromatic rings. The highest BCUT2D eigenvalue weighted by Gasteiger charge is 2.52. The average Bonchev–Trinajstić information content (AvgIpc) is 2.45. The van der Waals surface area contributed by atoms with Crippen molar-refractivity contribution in [1.29, 1.82) is 0 Å². The van der Waals surface area contributed by atoms with E-state index in [1.807, 2.05) is 0 Å². The number of hydrogen-bond acceptors (Lipinski definition) is 9. The van der Waals surface area contributed by atoms with Crippen LogP contribution in [0.15, 0.2) is 0 Å². The van der Waals surface area contributed by atoms with Gasteiger partial charge < -0.3 is 23.7 Å². The highest BCUT2D eigenvalue weighted by molar-refractivity contribution is 9.09. The van der Waals surface area contributed by atoms with Crippen molar-refractivity contribution in [3.8, 4) is 0 Å². The summed E-state index contributed by atoms with van der Waals surface area (Å²) in [5.41, 5.74) is 0. The first-order valence-electron chi connectivity index (χ1n) is 7.56. The van der Waals surface area contributed by atoms with Crippen LogP contribution in [0.2, 0.25) is 0 Å². The summed E-state index contributed by atoms with van der Waals surface area (Å²) in [5, 5.41) is 0.479. The molecular weight excluding hydrogens is 404 g/mol. The van der Waals surface area contributed by atoms with Crippen LogP contribution in [-0.4, -0.2) is 59.9 Å². The third-order valence-corrected chi connectivity index (χ3v) is 3.63. The minimum Gasteiger partial charge on any atom is -0.456 e. The number of alkyl halides is 1. The topological polar surface area (TPSA) is 114 Å². The zero-order chi connectivity index (χ0) is 19.1. The predicted molar refractivity (Wildman–Crippen MR) is 85.5 cm³/mol. The van der Waals surface area contributed by atoms with Gasteiger partial charge in [-0.05, 0) is 6.42 Å². The molecule has 25 heavy (non-hydrogen) atoms. The molecule has 1 saturated heterocycles. The first kappa shape index (κ1) is 21.4. The Kier molecular flexibility index (Phi) is 8.30. The number of carbonyl (C=O) groups is 4. The number of hydrogen-bond donors (Lipinski definition) is 0. The van der Waals surface area contributed by atoms with Crippen molar-refractivity contribution >= 4 is 39.8 Å². The smallest absolute Gasteiger partial charge is 0.305 e. The van der Waals surface area contributed by atoms with Crippen LogP contribution in [0.4, 0.5) is 0 Å². The molecule has 1 aliphatic rings. The fourth-order valence-corrected chi connectivity index (χ4v) is 2.90. The Bertz CT molecular complexity index is 521. The van der Waals surface area contributed by atoms with E-state index >= 15 is 0 Å². The molecule has 0 saturated carbocycles. The summed E-state index contributed by atoms with van der Waals surface area (Å²) in [5.74, 6) is -2.69. The van der Waals surface area contributed by atoms with Crippen LogP contribution < -0.4 is 0 Å². The van der Waals surface area contributed by atoms with Crippen LogP contribution in [0.25, 0.3) is 0 Å². The summed E-state index contributed by atoms with van der Waals surface area (Å²) >= 11 is 3.25. The van der Waals surface area contributed by atoms with Crippen molar-refractivity contribution in [2.75, 3.05) is 5.33 Å². The molecule has 0 N–H and O–H groups in total. The Balaban J connectivity index is 3.25. The maximum atomic E-state index is 11.5. The zero-order valence-electron chi connectivity index (χ0n) is 14.4. The molecule has 0 amide bonds. The van der Waals surface area contributed by atoms with Gasteiger partial charge in [-0.2, -0.15) is 0 Å². The number of halogens is 1. The quantitative estimate of drug-likeness (QED) is 0.347. The minimum absolute atomic E-state index is 0.361. The van der Waals surface area contributed by atoms with Crippen molar-refractivity contribution in [1.82, 2.24) is 0 Å². The molecule has 0 aromatic carbocycles. The van der Waals surface area contributed by atoms with Gasteiger partial charge in [-0.15, -0.1) is 0 Å². The lowest BCUT2D eigenvalue weighted by Crippen LogP contribution is -2.62. The van der Waals surface area contributed by atoms with Gasteiger partial charge in [0.15, 0.2) is 12.2 Å². The van der Waals surface area contributed by atoms with Crippen molar-refractivity contribution < 1.29 is 42.9 Å². The van der Waals surface area contributed by atoms with Crippen LogP contribution >= 0.6 is 15.9 Å². The Morgan fingerprint density at radius 2 is 1.20 bits per heavy atom. The van der Waals surface area contributed by atoms with Gasteiger partial charge in [0.2, 0.25) is 12.4 Å². The van der Waals surface area contributed by atoms with E-state index in [2.05, 4.69) is 15.9 Å². The number of esters is 4. The van der Waals surface area contributed by atoms with Crippen molar-refractivity contribution in [2.24, 2.45) is 0 Å². The van der Waals surface area contributed by atoms with Gasteiger partial charge in [0.25, 0.3) is 0 Å². The summed E-state index contributed by atoms with van der Waals surface area (Å²) in [6, 6.07) is 0. The highest BCUT2D eigenvalue weighted by atomic mass is 79.9. The van der Waals surface area contributed by atoms with E-state index < -0.39 is 54.6 Å². The van der Waals surface area contributed by atoms with Gasteiger partial charge >= 0.3 is 23.9 Å². The SMILES string of the molecule is CC(=O)O[C@H]1O[C@H](CCBr)[C@@H](OC(C)=O)[C@H](OC(C)=O)[C@@H]1OC(C)=O. The summed E-state index contributed by atoms with van der Waals surface area (Å²) in [6.45, 7) is 4.65. The largest absolute Gasteiger partial charge is 0.456 e. The van der Waals surface area contributed by atoms with E-state index in [-0.39, 0.29) is 0 Å². The molecule has 9 nitrogen and oxygen atoms in total. The zero-order valence-corrected chi connectivity index (χ0v) is 15.9. The van der Waals surface area contributed by atoms with E-state index in [0.717, 1.165) is 20.8 Å². The van der Waals surface area contributed by atoms with Crippen LogP contribution in [0, 0.1) is 0 Å².